The Hall–Kier alpha value is -1.22. The highest BCUT2D eigenvalue weighted by Gasteiger charge is 2.22. The number of ether oxygens (including phenoxy) is 2. The molecular formula is C16H25NO2. The van der Waals surface area contributed by atoms with Crippen LogP contribution in [0.25, 0.3) is 0 Å². The van der Waals surface area contributed by atoms with E-state index in [2.05, 4.69) is 6.92 Å². The fourth-order valence-corrected chi connectivity index (χ4v) is 2.77. The summed E-state index contributed by atoms with van der Waals surface area (Å²) in [6, 6.07) is 5.95. The molecule has 0 unspecified atom stereocenters. The molecule has 0 amide bonds. The van der Waals surface area contributed by atoms with E-state index in [1.807, 2.05) is 18.2 Å². The number of hydrogen-bond acceptors (Lipinski definition) is 3. The standard InChI is InChI=1S/C16H25NO2/c1-3-12-4-7-14(8-5-12)19-15-9-6-13(11-17)10-16(15)18-2/h6,9-10,12,14H,3-5,7-8,11,17H2,1-2H3. The average molecular weight is 263 g/mol. The summed E-state index contributed by atoms with van der Waals surface area (Å²) in [6.45, 7) is 2.80. The van der Waals surface area contributed by atoms with Gasteiger partial charge in [0.15, 0.2) is 11.5 Å². The van der Waals surface area contributed by atoms with Crippen molar-refractivity contribution >= 4 is 0 Å². The largest absolute Gasteiger partial charge is 0.493 e. The lowest BCUT2D eigenvalue weighted by molar-refractivity contribution is 0.126. The zero-order chi connectivity index (χ0) is 13.7. The molecule has 0 saturated heterocycles. The van der Waals surface area contributed by atoms with Crippen LogP contribution in [0.3, 0.4) is 0 Å². The van der Waals surface area contributed by atoms with Crippen LogP contribution in [0.5, 0.6) is 11.5 Å². The number of methoxy groups -OCH3 is 1. The van der Waals surface area contributed by atoms with Crippen molar-refractivity contribution in [1.82, 2.24) is 0 Å². The van der Waals surface area contributed by atoms with Crippen molar-refractivity contribution < 1.29 is 9.47 Å². The summed E-state index contributed by atoms with van der Waals surface area (Å²) in [7, 11) is 1.68. The molecule has 0 aromatic heterocycles. The summed E-state index contributed by atoms with van der Waals surface area (Å²) >= 11 is 0. The van der Waals surface area contributed by atoms with E-state index in [0.29, 0.717) is 12.6 Å². The van der Waals surface area contributed by atoms with Gasteiger partial charge in [-0.05, 0) is 49.3 Å². The first kappa shape index (κ1) is 14.2. The number of nitrogens with two attached hydrogens (primary N) is 1. The molecule has 1 fully saturated rings. The minimum Gasteiger partial charge on any atom is -0.493 e. The van der Waals surface area contributed by atoms with E-state index in [0.717, 1.165) is 35.8 Å². The van der Waals surface area contributed by atoms with Gasteiger partial charge in [0.05, 0.1) is 13.2 Å². The van der Waals surface area contributed by atoms with E-state index in [1.54, 1.807) is 7.11 Å². The van der Waals surface area contributed by atoms with Crippen LogP contribution in [0.1, 0.15) is 44.6 Å². The van der Waals surface area contributed by atoms with Crippen LogP contribution in [-0.4, -0.2) is 13.2 Å². The minimum atomic E-state index is 0.334. The predicted octanol–water partition coefficient (Wildman–Crippen LogP) is 3.50. The van der Waals surface area contributed by atoms with Crippen molar-refractivity contribution in [1.29, 1.82) is 0 Å². The van der Waals surface area contributed by atoms with Gasteiger partial charge in [0, 0.05) is 6.54 Å². The van der Waals surface area contributed by atoms with E-state index in [9.17, 15) is 0 Å². The molecular weight excluding hydrogens is 238 g/mol. The molecule has 0 aliphatic heterocycles. The smallest absolute Gasteiger partial charge is 0.161 e. The van der Waals surface area contributed by atoms with E-state index >= 15 is 0 Å². The molecule has 0 radical (unpaired) electrons. The van der Waals surface area contributed by atoms with E-state index in [-0.39, 0.29) is 0 Å². The van der Waals surface area contributed by atoms with E-state index in [1.165, 1.54) is 19.3 Å². The summed E-state index contributed by atoms with van der Waals surface area (Å²) < 4.78 is 11.5. The maximum atomic E-state index is 6.10. The molecule has 1 aromatic rings. The predicted molar refractivity (Wildman–Crippen MR) is 77.6 cm³/mol. The Morgan fingerprint density at radius 1 is 1.16 bits per heavy atom. The molecule has 1 aromatic carbocycles. The fraction of sp³-hybridized carbons (Fsp3) is 0.625. The maximum Gasteiger partial charge on any atom is 0.161 e. The first-order chi connectivity index (χ1) is 9.26. The summed E-state index contributed by atoms with van der Waals surface area (Å²) in [4.78, 5) is 0. The molecule has 0 bridgehead atoms. The molecule has 1 aliphatic rings. The highest BCUT2D eigenvalue weighted by Crippen LogP contribution is 2.33. The van der Waals surface area contributed by atoms with Gasteiger partial charge < -0.3 is 15.2 Å². The van der Waals surface area contributed by atoms with Gasteiger partial charge in [-0.25, -0.2) is 0 Å². The second kappa shape index (κ2) is 6.80. The van der Waals surface area contributed by atoms with Crippen molar-refractivity contribution in [3.05, 3.63) is 23.8 Å². The quantitative estimate of drug-likeness (QED) is 0.884. The zero-order valence-corrected chi connectivity index (χ0v) is 12.0. The molecule has 1 saturated carbocycles. The van der Waals surface area contributed by atoms with Gasteiger partial charge in [0.2, 0.25) is 0 Å². The molecule has 2 rings (SSSR count). The normalized spacial score (nSPS) is 23.1. The third-order valence-corrected chi connectivity index (χ3v) is 4.13. The molecule has 3 nitrogen and oxygen atoms in total. The highest BCUT2D eigenvalue weighted by molar-refractivity contribution is 5.43. The highest BCUT2D eigenvalue weighted by atomic mass is 16.5. The van der Waals surface area contributed by atoms with Gasteiger partial charge in [-0.1, -0.05) is 19.4 Å². The van der Waals surface area contributed by atoms with E-state index in [4.69, 9.17) is 15.2 Å². The Kier molecular flexibility index (Phi) is 5.08. The third-order valence-electron chi connectivity index (χ3n) is 4.13. The molecule has 0 spiro atoms. The van der Waals surface area contributed by atoms with Gasteiger partial charge >= 0.3 is 0 Å². The molecule has 106 valence electrons. The van der Waals surface area contributed by atoms with Crippen LogP contribution in [0.4, 0.5) is 0 Å². The van der Waals surface area contributed by atoms with Crippen LogP contribution < -0.4 is 15.2 Å². The molecule has 19 heavy (non-hydrogen) atoms. The lowest BCUT2D eigenvalue weighted by Crippen LogP contribution is -2.24. The second-order valence-electron chi connectivity index (χ2n) is 5.36. The molecule has 0 heterocycles. The fourth-order valence-electron chi connectivity index (χ4n) is 2.77. The Morgan fingerprint density at radius 3 is 2.47 bits per heavy atom. The van der Waals surface area contributed by atoms with Crippen LogP contribution in [0.2, 0.25) is 0 Å². The summed E-state index contributed by atoms with van der Waals surface area (Å²) in [5.74, 6) is 2.53. The van der Waals surface area contributed by atoms with Crippen LogP contribution in [0.15, 0.2) is 18.2 Å². The molecule has 1 aliphatic carbocycles. The molecule has 3 heteroatoms. The maximum absolute atomic E-state index is 6.10. The summed E-state index contributed by atoms with van der Waals surface area (Å²) in [5, 5.41) is 0. The molecule has 2 N–H and O–H groups in total. The summed E-state index contributed by atoms with van der Waals surface area (Å²) in [6.07, 6.45) is 6.50. The number of hydrogen-bond donors (Lipinski definition) is 1. The average Bonchev–Trinajstić information content (AvgIpc) is 2.48. The topological polar surface area (TPSA) is 44.5 Å². The Morgan fingerprint density at radius 2 is 1.89 bits per heavy atom. The lowest BCUT2D eigenvalue weighted by Gasteiger charge is -2.28. The number of benzene rings is 1. The monoisotopic (exact) mass is 263 g/mol. The first-order valence-electron chi connectivity index (χ1n) is 7.30. The Bertz CT molecular complexity index is 398. The van der Waals surface area contributed by atoms with Gasteiger partial charge in [0.1, 0.15) is 0 Å². The minimum absolute atomic E-state index is 0.334. The van der Waals surface area contributed by atoms with E-state index < -0.39 is 0 Å². The lowest BCUT2D eigenvalue weighted by atomic mass is 9.86. The third kappa shape index (κ3) is 3.63. The van der Waals surface area contributed by atoms with Crippen molar-refractivity contribution in [3.63, 3.8) is 0 Å². The Labute approximate surface area is 116 Å². The summed E-state index contributed by atoms with van der Waals surface area (Å²) in [5.41, 5.74) is 6.71. The zero-order valence-electron chi connectivity index (χ0n) is 12.0. The van der Waals surface area contributed by atoms with Crippen LogP contribution in [-0.2, 0) is 6.54 Å². The Balaban J connectivity index is 1.99. The SMILES string of the molecule is CCC1CCC(Oc2ccc(CN)cc2OC)CC1. The van der Waals surface area contributed by atoms with Crippen LogP contribution >= 0.6 is 0 Å². The van der Waals surface area contributed by atoms with Crippen molar-refractivity contribution in [3.8, 4) is 11.5 Å². The van der Waals surface area contributed by atoms with Gasteiger partial charge in [-0.3, -0.25) is 0 Å². The van der Waals surface area contributed by atoms with Gasteiger partial charge in [0.25, 0.3) is 0 Å². The number of rotatable bonds is 5. The molecule has 0 atom stereocenters. The van der Waals surface area contributed by atoms with Crippen LogP contribution in [0, 0.1) is 5.92 Å². The first-order valence-corrected chi connectivity index (χ1v) is 7.30. The van der Waals surface area contributed by atoms with Crippen molar-refractivity contribution in [2.45, 2.75) is 51.7 Å². The van der Waals surface area contributed by atoms with Gasteiger partial charge in [-0.2, -0.15) is 0 Å². The second-order valence-corrected chi connectivity index (χ2v) is 5.36. The van der Waals surface area contributed by atoms with Crippen molar-refractivity contribution in [2.24, 2.45) is 11.7 Å². The van der Waals surface area contributed by atoms with Gasteiger partial charge in [-0.15, -0.1) is 0 Å². The van der Waals surface area contributed by atoms with Crippen molar-refractivity contribution in [2.75, 3.05) is 7.11 Å².